The summed E-state index contributed by atoms with van der Waals surface area (Å²) >= 11 is 0. The average Bonchev–Trinajstić information content (AvgIpc) is 3.05. The molecule has 0 saturated heterocycles. The first-order valence-corrected chi connectivity index (χ1v) is 13.5. The third-order valence-electron chi connectivity index (χ3n) is 8.01. The number of carbonyl (C=O) groups is 2. The van der Waals surface area contributed by atoms with Gasteiger partial charge in [-0.3, -0.25) is 9.59 Å². The molecule has 0 unspecified atom stereocenters. The highest BCUT2D eigenvalue weighted by Crippen LogP contribution is 2.48. The van der Waals surface area contributed by atoms with Crippen LogP contribution in [0.2, 0.25) is 0 Å². The second-order valence-corrected chi connectivity index (χ2v) is 10.6. The number of ketones is 1. The topological polar surface area (TPSA) is 123 Å². The van der Waals surface area contributed by atoms with E-state index < -0.39 is 18.2 Å². The smallest absolute Gasteiger partial charge is 0.303 e. The molecule has 0 aromatic heterocycles. The van der Waals surface area contributed by atoms with E-state index in [-0.39, 0.29) is 54.1 Å². The first-order chi connectivity index (χ1) is 18.7. The number of aliphatic hydroxyl groups excluding tert-OH is 1. The number of methoxy groups -OCH3 is 2. The monoisotopic (exact) mass is 538 g/mol. The largest absolute Gasteiger partial charge is 0.504 e. The van der Waals surface area contributed by atoms with Crippen molar-refractivity contribution in [2.45, 2.75) is 70.0 Å². The maximum absolute atomic E-state index is 13.6. The first kappa shape index (κ1) is 28.5. The summed E-state index contributed by atoms with van der Waals surface area (Å²) in [5.74, 6) is 0.470. The zero-order valence-corrected chi connectivity index (χ0v) is 22.8. The molecule has 0 bridgehead atoms. The van der Waals surface area contributed by atoms with Crippen LogP contribution in [0.15, 0.2) is 36.4 Å². The van der Waals surface area contributed by atoms with Crippen molar-refractivity contribution in [3.05, 3.63) is 53.1 Å². The standard InChI is InChI=1S/C31H38O8/c1-18(32)39-31(27(35)12-19-8-11-26(34)29(13-19)37-2)16-22(33)15-25-23-7-5-4-6-20(23)9-10-21-14-28(36)30(38-3)17-24(21)25/h8-11,13-14,17,20,23,25,27,31,34-36H,4-7,12,15-16H2,1-3H3/t20-,23-,25-,27-,31-/m0/s1. The summed E-state index contributed by atoms with van der Waals surface area (Å²) in [4.78, 5) is 25.5. The molecule has 2 aliphatic rings. The Labute approximate surface area is 229 Å². The van der Waals surface area contributed by atoms with Crippen LogP contribution in [0.4, 0.5) is 0 Å². The van der Waals surface area contributed by atoms with Crippen LogP contribution in [-0.4, -0.2) is 53.5 Å². The number of benzene rings is 2. The van der Waals surface area contributed by atoms with E-state index in [1.807, 2.05) is 12.1 Å². The highest BCUT2D eigenvalue weighted by Gasteiger charge is 2.37. The number of hydrogen-bond donors (Lipinski definition) is 3. The highest BCUT2D eigenvalue weighted by molar-refractivity contribution is 5.81. The van der Waals surface area contributed by atoms with Crippen LogP contribution in [0, 0.1) is 11.8 Å². The lowest BCUT2D eigenvalue weighted by Crippen LogP contribution is -2.35. The van der Waals surface area contributed by atoms with Gasteiger partial charge in [0, 0.05) is 26.2 Å². The van der Waals surface area contributed by atoms with Crippen LogP contribution in [0.3, 0.4) is 0 Å². The van der Waals surface area contributed by atoms with E-state index in [1.165, 1.54) is 27.2 Å². The Bertz CT molecular complexity index is 1220. The van der Waals surface area contributed by atoms with Crippen LogP contribution in [-0.2, 0) is 20.7 Å². The van der Waals surface area contributed by atoms with Gasteiger partial charge in [0.1, 0.15) is 11.9 Å². The molecule has 0 heterocycles. The lowest BCUT2D eigenvalue weighted by Gasteiger charge is -2.35. The summed E-state index contributed by atoms with van der Waals surface area (Å²) in [6, 6.07) is 8.25. The summed E-state index contributed by atoms with van der Waals surface area (Å²) in [5, 5.41) is 31.3. The third-order valence-corrected chi connectivity index (χ3v) is 8.01. The number of Topliss-reactive ketones (excluding diaryl/α,β-unsaturated/α-hetero) is 1. The summed E-state index contributed by atoms with van der Waals surface area (Å²) in [7, 11) is 2.94. The number of ether oxygens (including phenoxy) is 3. The molecule has 8 nitrogen and oxygen atoms in total. The molecule has 4 rings (SSSR count). The first-order valence-electron chi connectivity index (χ1n) is 13.5. The van der Waals surface area contributed by atoms with E-state index in [2.05, 4.69) is 6.08 Å². The molecule has 0 radical (unpaired) electrons. The molecular formula is C31H38O8. The number of carbonyl (C=O) groups excluding carboxylic acids is 2. The molecule has 2 aromatic carbocycles. The number of aliphatic hydroxyl groups is 1. The van der Waals surface area contributed by atoms with Gasteiger partial charge < -0.3 is 29.5 Å². The second kappa shape index (κ2) is 12.6. The quantitative estimate of drug-likeness (QED) is 0.365. The fourth-order valence-electron chi connectivity index (χ4n) is 6.12. The maximum atomic E-state index is 13.6. The maximum Gasteiger partial charge on any atom is 0.303 e. The van der Waals surface area contributed by atoms with Gasteiger partial charge in [0.25, 0.3) is 0 Å². The van der Waals surface area contributed by atoms with Gasteiger partial charge in [-0.2, -0.15) is 0 Å². The van der Waals surface area contributed by atoms with Crippen LogP contribution < -0.4 is 9.47 Å². The molecule has 1 fully saturated rings. The average molecular weight is 539 g/mol. The normalized spacial score (nSPS) is 21.6. The number of phenols is 2. The summed E-state index contributed by atoms with van der Waals surface area (Å²) in [5.41, 5.74) is 2.50. The van der Waals surface area contributed by atoms with Crippen molar-refractivity contribution < 1.29 is 39.1 Å². The number of hydrogen-bond acceptors (Lipinski definition) is 8. The Morgan fingerprint density at radius 1 is 1.00 bits per heavy atom. The SMILES string of the molecule is COc1cc(C[C@H](O)[C@H](CC(=O)C[C@@H]2c3cc(OC)c(O)cc3C=C[C@@H]3CCCC[C@@H]32)OC(C)=O)ccc1O. The number of fused-ring (bicyclic) bond motifs is 2. The minimum absolute atomic E-state index is 0.0217. The van der Waals surface area contributed by atoms with Crippen molar-refractivity contribution in [2.24, 2.45) is 11.8 Å². The van der Waals surface area contributed by atoms with E-state index in [9.17, 15) is 24.9 Å². The van der Waals surface area contributed by atoms with Crippen molar-refractivity contribution in [2.75, 3.05) is 14.2 Å². The second-order valence-electron chi connectivity index (χ2n) is 10.6. The Morgan fingerprint density at radius 2 is 1.72 bits per heavy atom. The predicted molar refractivity (Wildman–Crippen MR) is 146 cm³/mol. The molecule has 0 aliphatic heterocycles. The van der Waals surface area contributed by atoms with Gasteiger partial charge in [-0.05, 0) is 71.6 Å². The summed E-state index contributed by atoms with van der Waals surface area (Å²) < 4.78 is 16.0. The Kier molecular flexibility index (Phi) is 9.17. The van der Waals surface area contributed by atoms with E-state index in [4.69, 9.17) is 14.2 Å². The van der Waals surface area contributed by atoms with Gasteiger partial charge >= 0.3 is 5.97 Å². The van der Waals surface area contributed by atoms with Crippen molar-refractivity contribution in [1.82, 2.24) is 0 Å². The third kappa shape index (κ3) is 6.74. The molecule has 1 saturated carbocycles. The van der Waals surface area contributed by atoms with Gasteiger partial charge in [-0.25, -0.2) is 0 Å². The number of aromatic hydroxyl groups is 2. The van der Waals surface area contributed by atoms with Gasteiger partial charge in [0.2, 0.25) is 0 Å². The molecule has 39 heavy (non-hydrogen) atoms. The predicted octanol–water partition coefficient (Wildman–Crippen LogP) is 4.92. The summed E-state index contributed by atoms with van der Waals surface area (Å²) in [6.07, 6.45) is 6.58. The van der Waals surface area contributed by atoms with E-state index in [1.54, 1.807) is 18.2 Å². The lowest BCUT2D eigenvalue weighted by molar-refractivity contribution is -0.154. The molecule has 2 aromatic rings. The molecule has 8 heteroatoms. The molecule has 3 N–H and O–H groups in total. The minimum Gasteiger partial charge on any atom is -0.504 e. The van der Waals surface area contributed by atoms with Gasteiger partial charge in [-0.15, -0.1) is 0 Å². The number of phenolic OH excluding ortho intramolecular Hbond substituents is 2. The molecule has 210 valence electrons. The van der Waals surface area contributed by atoms with Crippen LogP contribution >= 0.6 is 0 Å². The zero-order valence-electron chi connectivity index (χ0n) is 22.8. The molecule has 0 amide bonds. The van der Waals surface area contributed by atoms with Crippen LogP contribution in [0.25, 0.3) is 6.08 Å². The van der Waals surface area contributed by atoms with Crippen molar-refractivity contribution in [3.8, 4) is 23.0 Å². The Hall–Kier alpha value is -3.52. The Balaban J connectivity index is 1.56. The Morgan fingerprint density at radius 3 is 2.44 bits per heavy atom. The molecule has 0 spiro atoms. The van der Waals surface area contributed by atoms with E-state index >= 15 is 0 Å². The van der Waals surface area contributed by atoms with Crippen molar-refractivity contribution >= 4 is 17.8 Å². The molecular weight excluding hydrogens is 500 g/mol. The van der Waals surface area contributed by atoms with Crippen molar-refractivity contribution in [1.29, 1.82) is 0 Å². The molecule has 5 atom stereocenters. The van der Waals surface area contributed by atoms with E-state index in [0.29, 0.717) is 17.2 Å². The molecule has 2 aliphatic carbocycles. The number of allylic oxidation sites excluding steroid dienone is 1. The lowest BCUT2D eigenvalue weighted by atomic mass is 9.69. The zero-order chi connectivity index (χ0) is 28.1. The highest BCUT2D eigenvalue weighted by atomic mass is 16.6. The fraction of sp³-hybridized carbons (Fsp3) is 0.484. The van der Waals surface area contributed by atoms with Gasteiger partial charge in [0.05, 0.1) is 20.3 Å². The van der Waals surface area contributed by atoms with Crippen LogP contribution in [0.5, 0.6) is 23.0 Å². The number of rotatable bonds is 10. The minimum atomic E-state index is -1.13. The van der Waals surface area contributed by atoms with Gasteiger partial charge in [0.15, 0.2) is 23.0 Å². The van der Waals surface area contributed by atoms with Crippen LogP contribution in [0.1, 0.15) is 68.1 Å². The van der Waals surface area contributed by atoms with Crippen molar-refractivity contribution in [3.63, 3.8) is 0 Å². The summed E-state index contributed by atoms with van der Waals surface area (Å²) in [6.45, 7) is 1.26. The fourth-order valence-corrected chi connectivity index (χ4v) is 6.12. The van der Waals surface area contributed by atoms with Gasteiger partial charge in [-0.1, -0.05) is 31.1 Å². The number of esters is 1. The van der Waals surface area contributed by atoms with E-state index in [0.717, 1.165) is 36.8 Å².